The number of methoxy groups -OCH3 is 1. The second kappa shape index (κ2) is 8.03. The first-order chi connectivity index (χ1) is 8.17. The average molecular weight is 243 g/mol. The van der Waals surface area contributed by atoms with Crippen LogP contribution in [-0.4, -0.2) is 68.8 Å². The van der Waals surface area contributed by atoms with E-state index in [2.05, 4.69) is 23.8 Å². The number of ether oxygens (including phenoxy) is 1. The van der Waals surface area contributed by atoms with Crippen LogP contribution in [0.4, 0.5) is 0 Å². The van der Waals surface area contributed by atoms with Crippen molar-refractivity contribution in [2.24, 2.45) is 5.73 Å². The van der Waals surface area contributed by atoms with Crippen molar-refractivity contribution in [3.05, 3.63) is 0 Å². The van der Waals surface area contributed by atoms with Gasteiger partial charge in [-0.2, -0.15) is 0 Å². The quantitative estimate of drug-likeness (QED) is 0.671. The third-order valence-corrected chi connectivity index (χ3v) is 3.75. The van der Waals surface area contributed by atoms with E-state index in [0.29, 0.717) is 12.1 Å². The number of hydrogen-bond acceptors (Lipinski definition) is 4. The van der Waals surface area contributed by atoms with Crippen LogP contribution in [0.1, 0.15) is 26.2 Å². The molecule has 1 aliphatic rings. The van der Waals surface area contributed by atoms with E-state index in [4.69, 9.17) is 10.5 Å². The molecule has 2 unspecified atom stereocenters. The van der Waals surface area contributed by atoms with Crippen LogP contribution in [0.2, 0.25) is 0 Å². The highest BCUT2D eigenvalue weighted by atomic mass is 16.5. The molecule has 2 N–H and O–H groups in total. The summed E-state index contributed by atoms with van der Waals surface area (Å²) >= 11 is 0. The lowest BCUT2D eigenvalue weighted by Crippen LogP contribution is -2.53. The van der Waals surface area contributed by atoms with Crippen molar-refractivity contribution in [3.63, 3.8) is 0 Å². The highest BCUT2D eigenvalue weighted by Gasteiger charge is 2.23. The molecule has 0 amide bonds. The Hall–Kier alpha value is -0.160. The van der Waals surface area contributed by atoms with Crippen molar-refractivity contribution in [1.29, 1.82) is 0 Å². The van der Waals surface area contributed by atoms with E-state index in [0.717, 1.165) is 32.5 Å². The molecule has 102 valence electrons. The van der Waals surface area contributed by atoms with Gasteiger partial charge in [0.25, 0.3) is 0 Å². The number of nitrogens with two attached hydrogens (primary N) is 1. The molecule has 0 bridgehead atoms. The van der Waals surface area contributed by atoms with E-state index in [-0.39, 0.29) is 0 Å². The molecule has 0 aromatic carbocycles. The molecule has 4 heteroatoms. The molecule has 0 radical (unpaired) electrons. The van der Waals surface area contributed by atoms with Gasteiger partial charge in [0, 0.05) is 52.0 Å². The Morgan fingerprint density at radius 1 is 1.41 bits per heavy atom. The fourth-order valence-corrected chi connectivity index (χ4v) is 2.53. The second-order valence-corrected chi connectivity index (χ2v) is 5.20. The van der Waals surface area contributed by atoms with Gasteiger partial charge in [-0.1, -0.05) is 6.92 Å². The molecule has 1 aliphatic heterocycles. The van der Waals surface area contributed by atoms with Gasteiger partial charge in [-0.05, 0) is 26.3 Å². The molecule has 0 aliphatic carbocycles. The molecular formula is C13H29N3O. The van der Waals surface area contributed by atoms with Crippen LogP contribution in [-0.2, 0) is 4.74 Å². The fourth-order valence-electron chi connectivity index (χ4n) is 2.53. The Balaban J connectivity index is 2.22. The van der Waals surface area contributed by atoms with Crippen LogP contribution >= 0.6 is 0 Å². The zero-order valence-corrected chi connectivity index (χ0v) is 11.7. The zero-order chi connectivity index (χ0) is 12.7. The summed E-state index contributed by atoms with van der Waals surface area (Å²) in [6.07, 6.45) is 3.37. The summed E-state index contributed by atoms with van der Waals surface area (Å²) in [7, 11) is 3.97. The fraction of sp³-hybridized carbons (Fsp3) is 1.00. The van der Waals surface area contributed by atoms with E-state index in [1.165, 1.54) is 19.5 Å². The van der Waals surface area contributed by atoms with Crippen LogP contribution in [0.3, 0.4) is 0 Å². The first-order valence-corrected chi connectivity index (χ1v) is 6.84. The first-order valence-electron chi connectivity index (χ1n) is 6.84. The minimum Gasteiger partial charge on any atom is -0.385 e. The summed E-state index contributed by atoms with van der Waals surface area (Å²) in [6.45, 7) is 7.63. The number of nitrogens with zero attached hydrogens (tertiary/aromatic N) is 2. The molecule has 0 aromatic heterocycles. The lowest BCUT2D eigenvalue weighted by atomic mass is 10.1. The Kier molecular flexibility index (Phi) is 7.04. The number of piperazine rings is 1. The van der Waals surface area contributed by atoms with Gasteiger partial charge in [0.05, 0.1) is 0 Å². The molecule has 1 heterocycles. The van der Waals surface area contributed by atoms with Crippen molar-refractivity contribution < 1.29 is 4.74 Å². The van der Waals surface area contributed by atoms with Crippen molar-refractivity contribution in [1.82, 2.24) is 9.80 Å². The SMILES string of the molecule is CCC1CN(CC(N)CCCOC)CCN1C. The smallest absolute Gasteiger partial charge is 0.0462 e. The standard InChI is InChI=1S/C13H29N3O/c1-4-13-11-16(8-7-15(13)2)10-12(14)6-5-9-17-3/h12-13H,4-11,14H2,1-3H3. The van der Waals surface area contributed by atoms with Crippen molar-refractivity contribution in [2.75, 3.05) is 46.9 Å². The lowest BCUT2D eigenvalue weighted by molar-refractivity contribution is 0.0872. The number of likely N-dealkylation sites (N-methyl/N-ethyl adjacent to an activating group) is 1. The third kappa shape index (κ3) is 5.34. The summed E-state index contributed by atoms with van der Waals surface area (Å²) in [6, 6.07) is 1.00. The van der Waals surface area contributed by atoms with Crippen molar-refractivity contribution in [2.45, 2.75) is 38.3 Å². The second-order valence-electron chi connectivity index (χ2n) is 5.20. The van der Waals surface area contributed by atoms with Crippen molar-refractivity contribution >= 4 is 0 Å². The molecule has 1 saturated heterocycles. The van der Waals surface area contributed by atoms with Crippen LogP contribution in [0.15, 0.2) is 0 Å². The van der Waals surface area contributed by atoms with Gasteiger partial charge in [0.1, 0.15) is 0 Å². The predicted octanol–water partition coefficient (Wildman–Crippen LogP) is 0.766. The molecule has 1 fully saturated rings. The van der Waals surface area contributed by atoms with Crippen LogP contribution < -0.4 is 5.73 Å². The molecule has 0 aromatic rings. The third-order valence-electron chi connectivity index (χ3n) is 3.75. The molecule has 1 rings (SSSR count). The summed E-state index contributed by atoms with van der Waals surface area (Å²) in [4.78, 5) is 4.98. The molecule has 17 heavy (non-hydrogen) atoms. The summed E-state index contributed by atoms with van der Waals surface area (Å²) in [5.41, 5.74) is 6.16. The van der Waals surface area contributed by atoms with Gasteiger partial charge < -0.3 is 15.4 Å². The maximum atomic E-state index is 6.16. The minimum atomic E-state index is 0.297. The molecular weight excluding hydrogens is 214 g/mol. The highest BCUT2D eigenvalue weighted by Crippen LogP contribution is 2.11. The van der Waals surface area contributed by atoms with Crippen LogP contribution in [0, 0.1) is 0 Å². The zero-order valence-electron chi connectivity index (χ0n) is 11.7. The summed E-state index contributed by atoms with van der Waals surface area (Å²) in [5, 5.41) is 0. The Morgan fingerprint density at radius 3 is 2.82 bits per heavy atom. The summed E-state index contributed by atoms with van der Waals surface area (Å²) in [5.74, 6) is 0. The molecule has 0 saturated carbocycles. The summed E-state index contributed by atoms with van der Waals surface area (Å²) < 4.78 is 5.05. The molecule has 2 atom stereocenters. The van der Waals surface area contributed by atoms with Gasteiger partial charge >= 0.3 is 0 Å². The minimum absolute atomic E-state index is 0.297. The van der Waals surface area contributed by atoms with Crippen LogP contribution in [0.5, 0.6) is 0 Å². The first kappa shape index (κ1) is 14.9. The van der Waals surface area contributed by atoms with E-state index >= 15 is 0 Å². The van der Waals surface area contributed by atoms with Gasteiger partial charge in [0.2, 0.25) is 0 Å². The molecule has 0 spiro atoms. The van der Waals surface area contributed by atoms with Gasteiger partial charge in [-0.3, -0.25) is 4.90 Å². The Labute approximate surface area is 106 Å². The van der Waals surface area contributed by atoms with Crippen molar-refractivity contribution in [3.8, 4) is 0 Å². The Morgan fingerprint density at radius 2 is 2.18 bits per heavy atom. The van der Waals surface area contributed by atoms with Gasteiger partial charge in [-0.25, -0.2) is 0 Å². The predicted molar refractivity (Wildman–Crippen MR) is 72.2 cm³/mol. The van der Waals surface area contributed by atoms with Gasteiger partial charge in [-0.15, -0.1) is 0 Å². The lowest BCUT2D eigenvalue weighted by Gasteiger charge is -2.40. The van der Waals surface area contributed by atoms with E-state index in [9.17, 15) is 0 Å². The van der Waals surface area contributed by atoms with E-state index in [1.54, 1.807) is 7.11 Å². The maximum absolute atomic E-state index is 6.16. The normalized spacial score (nSPS) is 25.1. The van der Waals surface area contributed by atoms with E-state index < -0.39 is 0 Å². The molecule has 4 nitrogen and oxygen atoms in total. The number of hydrogen-bond donors (Lipinski definition) is 1. The largest absolute Gasteiger partial charge is 0.385 e. The van der Waals surface area contributed by atoms with Crippen LogP contribution in [0.25, 0.3) is 0 Å². The Bertz CT molecular complexity index is 201. The number of rotatable bonds is 7. The monoisotopic (exact) mass is 243 g/mol. The topological polar surface area (TPSA) is 41.7 Å². The van der Waals surface area contributed by atoms with Gasteiger partial charge in [0.15, 0.2) is 0 Å². The average Bonchev–Trinajstić information content (AvgIpc) is 2.32. The maximum Gasteiger partial charge on any atom is 0.0462 e. The highest BCUT2D eigenvalue weighted by molar-refractivity contribution is 4.81. The van der Waals surface area contributed by atoms with E-state index in [1.807, 2.05) is 0 Å².